The van der Waals surface area contributed by atoms with Crippen LogP contribution in [0.5, 0.6) is 0 Å². The minimum Gasteiger partial charge on any atom is -0.347 e. The second-order valence-corrected chi connectivity index (χ2v) is 7.12. The molecular weight excluding hydrogens is 250 g/mol. The van der Waals surface area contributed by atoms with E-state index in [0.717, 1.165) is 0 Å². The van der Waals surface area contributed by atoms with Crippen LogP contribution < -0.4 is 10.6 Å². The zero-order chi connectivity index (χ0) is 11.8. The standard InChI is InChI=1S/C12H19N3S2/c1-15(9-4-5-16-7-9)12-14-11(8-2-3-8)10(6-13)17-12/h8-9H,2-7,13H2,1H3. The number of nitrogens with two attached hydrogens (primary N) is 1. The van der Waals surface area contributed by atoms with Crippen molar-refractivity contribution in [2.75, 3.05) is 23.5 Å². The van der Waals surface area contributed by atoms with Crippen molar-refractivity contribution in [3.05, 3.63) is 10.6 Å². The summed E-state index contributed by atoms with van der Waals surface area (Å²) in [6.07, 6.45) is 3.90. The van der Waals surface area contributed by atoms with Crippen LogP contribution in [0.15, 0.2) is 0 Å². The van der Waals surface area contributed by atoms with Gasteiger partial charge in [0.05, 0.1) is 5.69 Å². The lowest BCUT2D eigenvalue weighted by Crippen LogP contribution is -2.31. The summed E-state index contributed by atoms with van der Waals surface area (Å²) in [4.78, 5) is 8.52. The molecule has 2 fully saturated rings. The first-order valence-corrected chi connectivity index (χ1v) is 8.27. The maximum absolute atomic E-state index is 5.83. The molecule has 0 bridgehead atoms. The summed E-state index contributed by atoms with van der Waals surface area (Å²) < 4.78 is 0. The molecule has 2 aliphatic rings. The highest BCUT2D eigenvalue weighted by Crippen LogP contribution is 2.44. The largest absolute Gasteiger partial charge is 0.347 e. The van der Waals surface area contributed by atoms with Crippen LogP contribution in [0.1, 0.15) is 35.8 Å². The van der Waals surface area contributed by atoms with Crippen LogP contribution in [0, 0.1) is 0 Å². The second kappa shape index (κ2) is 4.78. The summed E-state index contributed by atoms with van der Waals surface area (Å²) in [5, 5.41) is 1.18. The Bertz CT molecular complexity index is 394. The fraction of sp³-hybridized carbons (Fsp3) is 0.750. The number of thiazole rings is 1. The Labute approximate surface area is 111 Å². The minimum atomic E-state index is 0.650. The normalized spacial score (nSPS) is 24.2. The van der Waals surface area contributed by atoms with Gasteiger partial charge in [-0.3, -0.25) is 0 Å². The van der Waals surface area contributed by atoms with Crippen LogP contribution >= 0.6 is 23.1 Å². The van der Waals surface area contributed by atoms with E-state index in [2.05, 4.69) is 23.7 Å². The highest BCUT2D eigenvalue weighted by Gasteiger charge is 2.31. The van der Waals surface area contributed by atoms with Gasteiger partial charge in [-0.1, -0.05) is 0 Å². The highest BCUT2D eigenvalue weighted by atomic mass is 32.2. The van der Waals surface area contributed by atoms with Gasteiger partial charge in [-0.25, -0.2) is 4.98 Å². The number of thioether (sulfide) groups is 1. The molecule has 5 heteroatoms. The van der Waals surface area contributed by atoms with E-state index in [0.29, 0.717) is 18.5 Å². The Morgan fingerprint density at radius 2 is 2.24 bits per heavy atom. The Kier molecular flexibility index (Phi) is 3.32. The van der Waals surface area contributed by atoms with Gasteiger partial charge in [0.15, 0.2) is 5.13 Å². The third-order valence-electron chi connectivity index (χ3n) is 3.62. The fourth-order valence-electron chi connectivity index (χ4n) is 2.31. The Hall–Kier alpha value is -0.260. The van der Waals surface area contributed by atoms with E-state index in [-0.39, 0.29) is 0 Å². The van der Waals surface area contributed by atoms with Gasteiger partial charge in [-0.05, 0) is 25.0 Å². The minimum absolute atomic E-state index is 0.650. The van der Waals surface area contributed by atoms with Crippen LogP contribution in [0.2, 0.25) is 0 Å². The van der Waals surface area contributed by atoms with Crippen LogP contribution in [0.25, 0.3) is 0 Å². The van der Waals surface area contributed by atoms with Crippen molar-refractivity contribution < 1.29 is 0 Å². The first-order chi connectivity index (χ1) is 8.29. The van der Waals surface area contributed by atoms with Gasteiger partial charge in [0.2, 0.25) is 0 Å². The Morgan fingerprint density at radius 1 is 1.41 bits per heavy atom. The number of nitrogens with zero attached hydrogens (tertiary/aromatic N) is 2. The lowest BCUT2D eigenvalue weighted by molar-refractivity contribution is 0.696. The first kappa shape index (κ1) is 11.8. The summed E-state index contributed by atoms with van der Waals surface area (Å²) in [7, 11) is 2.19. The number of hydrogen-bond acceptors (Lipinski definition) is 5. The van der Waals surface area contributed by atoms with E-state index in [4.69, 9.17) is 10.7 Å². The summed E-state index contributed by atoms with van der Waals surface area (Å²) in [6, 6.07) is 0.670. The molecule has 0 radical (unpaired) electrons. The van der Waals surface area contributed by atoms with Crippen LogP contribution in [0.3, 0.4) is 0 Å². The fourth-order valence-corrected chi connectivity index (χ4v) is 4.63. The molecule has 1 saturated carbocycles. The van der Waals surface area contributed by atoms with Gasteiger partial charge >= 0.3 is 0 Å². The molecule has 1 saturated heterocycles. The molecule has 0 aromatic carbocycles. The summed E-state index contributed by atoms with van der Waals surface area (Å²) in [5.74, 6) is 3.25. The number of rotatable bonds is 4. The molecule has 0 spiro atoms. The van der Waals surface area contributed by atoms with E-state index in [1.165, 1.54) is 46.5 Å². The van der Waals surface area contributed by atoms with E-state index < -0.39 is 0 Å². The quantitative estimate of drug-likeness (QED) is 0.911. The molecule has 3 rings (SSSR count). The lowest BCUT2D eigenvalue weighted by Gasteiger charge is -2.22. The molecule has 2 heterocycles. The average molecular weight is 269 g/mol. The third-order valence-corrected chi connectivity index (χ3v) is 5.95. The molecule has 1 aliphatic heterocycles. The smallest absolute Gasteiger partial charge is 0.185 e. The summed E-state index contributed by atoms with van der Waals surface area (Å²) in [5.41, 5.74) is 7.13. The molecule has 1 aromatic heterocycles. The van der Waals surface area contributed by atoms with Crippen molar-refractivity contribution in [1.82, 2.24) is 4.98 Å². The molecule has 1 aromatic rings. The zero-order valence-electron chi connectivity index (χ0n) is 10.2. The molecule has 1 unspecified atom stereocenters. The van der Waals surface area contributed by atoms with Gasteiger partial charge in [0, 0.05) is 36.2 Å². The monoisotopic (exact) mass is 269 g/mol. The number of anilines is 1. The average Bonchev–Trinajstić information content (AvgIpc) is 2.91. The molecular formula is C12H19N3S2. The Morgan fingerprint density at radius 3 is 2.82 bits per heavy atom. The second-order valence-electron chi connectivity index (χ2n) is 4.91. The van der Waals surface area contributed by atoms with Crippen molar-refractivity contribution in [2.24, 2.45) is 5.73 Å². The molecule has 94 valence electrons. The SMILES string of the molecule is CN(c1nc(C2CC2)c(CN)s1)C1CCSC1. The van der Waals surface area contributed by atoms with E-state index >= 15 is 0 Å². The lowest BCUT2D eigenvalue weighted by atomic mass is 10.2. The first-order valence-electron chi connectivity index (χ1n) is 6.30. The molecule has 1 aliphatic carbocycles. The number of aromatic nitrogens is 1. The maximum atomic E-state index is 5.83. The van der Waals surface area contributed by atoms with Crippen molar-refractivity contribution >= 4 is 28.2 Å². The van der Waals surface area contributed by atoms with Crippen molar-refractivity contribution in [1.29, 1.82) is 0 Å². The number of hydrogen-bond donors (Lipinski definition) is 1. The highest BCUT2D eigenvalue weighted by molar-refractivity contribution is 7.99. The molecule has 17 heavy (non-hydrogen) atoms. The van der Waals surface area contributed by atoms with Gasteiger partial charge in [-0.15, -0.1) is 11.3 Å². The predicted molar refractivity (Wildman–Crippen MR) is 76.1 cm³/mol. The maximum Gasteiger partial charge on any atom is 0.185 e. The van der Waals surface area contributed by atoms with Crippen molar-refractivity contribution in [2.45, 2.75) is 37.8 Å². The van der Waals surface area contributed by atoms with Crippen molar-refractivity contribution in [3.8, 4) is 0 Å². The molecule has 1 atom stereocenters. The molecule has 2 N–H and O–H groups in total. The Balaban J connectivity index is 1.81. The van der Waals surface area contributed by atoms with Crippen LogP contribution in [0.4, 0.5) is 5.13 Å². The van der Waals surface area contributed by atoms with Crippen molar-refractivity contribution in [3.63, 3.8) is 0 Å². The van der Waals surface area contributed by atoms with E-state index in [9.17, 15) is 0 Å². The van der Waals surface area contributed by atoms with Gasteiger partial charge < -0.3 is 10.6 Å². The molecule has 3 nitrogen and oxygen atoms in total. The van der Waals surface area contributed by atoms with E-state index in [1.807, 2.05) is 0 Å². The van der Waals surface area contributed by atoms with Gasteiger partial charge in [0.25, 0.3) is 0 Å². The van der Waals surface area contributed by atoms with Gasteiger partial charge in [0.1, 0.15) is 0 Å². The third kappa shape index (κ3) is 2.33. The van der Waals surface area contributed by atoms with Gasteiger partial charge in [-0.2, -0.15) is 11.8 Å². The van der Waals surface area contributed by atoms with E-state index in [1.54, 1.807) is 11.3 Å². The zero-order valence-corrected chi connectivity index (χ0v) is 11.8. The predicted octanol–water partition coefficient (Wildman–Crippen LogP) is 2.42. The van der Waals surface area contributed by atoms with Crippen LogP contribution in [-0.4, -0.2) is 29.6 Å². The summed E-state index contributed by atoms with van der Waals surface area (Å²) >= 11 is 3.85. The molecule has 0 amide bonds. The topological polar surface area (TPSA) is 42.2 Å². The van der Waals surface area contributed by atoms with Crippen LogP contribution in [-0.2, 0) is 6.54 Å². The summed E-state index contributed by atoms with van der Waals surface area (Å²) in [6.45, 7) is 0.650.